The number of benzene rings is 1. The van der Waals surface area contributed by atoms with Gasteiger partial charge in [0.2, 0.25) is 15.9 Å². The van der Waals surface area contributed by atoms with Crippen LogP contribution in [0.4, 0.5) is 0 Å². The number of amides is 1. The molecule has 0 radical (unpaired) electrons. The Kier molecular flexibility index (Phi) is 6.52. The molecule has 0 spiro atoms. The maximum atomic E-state index is 12.9. The van der Waals surface area contributed by atoms with Gasteiger partial charge in [-0.2, -0.15) is 4.31 Å². The number of ether oxygens (including phenoxy) is 1. The SMILES string of the molecule is O=C(C1CCN(S(=O)(=O)c2c(Cl)cc(Br)cc2Cl)CC1)N1CCOCC1. The topological polar surface area (TPSA) is 66.9 Å². The van der Waals surface area contributed by atoms with Gasteiger partial charge in [0, 0.05) is 36.6 Å². The quantitative estimate of drug-likeness (QED) is 0.659. The number of hydrogen-bond acceptors (Lipinski definition) is 4. The van der Waals surface area contributed by atoms with E-state index in [1.165, 1.54) is 16.4 Å². The molecule has 2 heterocycles. The summed E-state index contributed by atoms with van der Waals surface area (Å²) in [5, 5.41) is 0.159. The zero-order valence-electron chi connectivity index (χ0n) is 14.0. The average molecular weight is 486 g/mol. The number of halogens is 3. The minimum atomic E-state index is -3.81. The van der Waals surface area contributed by atoms with Crippen molar-refractivity contribution in [3.05, 3.63) is 26.7 Å². The van der Waals surface area contributed by atoms with Gasteiger partial charge in [0.1, 0.15) is 4.90 Å². The first-order valence-corrected chi connectivity index (χ1v) is 11.3. The highest BCUT2D eigenvalue weighted by Gasteiger charge is 2.36. The number of rotatable bonds is 3. The molecule has 0 aliphatic carbocycles. The maximum absolute atomic E-state index is 12.9. The van der Waals surface area contributed by atoms with Gasteiger partial charge < -0.3 is 9.64 Å². The van der Waals surface area contributed by atoms with Crippen molar-refractivity contribution >= 4 is 55.1 Å². The number of piperidine rings is 1. The van der Waals surface area contributed by atoms with E-state index in [0.29, 0.717) is 43.6 Å². The third-order valence-electron chi connectivity index (χ3n) is 4.69. The molecule has 0 bridgehead atoms. The summed E-state index contributed by atoms with van der Waals surface area (Å²) in [6.45, 7) is 2.85. The smallest absolute Gasteiger partial charge is 0.246 e. The third kappa shape index (κ3) is 4.20. The highest BCUT2D eigenvalue weighted by atomic mass is 79.9. The summed E-state index contributed by atoms with van der Waals surface area (Å²) in [5.74, 6) is -0.0690. The van der Waals surface area contributed by atoms with Crippen LogP contribution in [0.25, 0.3) is 0 Å². The minimum Gasteiger partial charge on any atom is -0.378 e. The lowest BCUT2D eigenvalue weighted by Gasteiger charge is -2.35. The van der Waals surface area contributed by atoms with Crippen molar-refractivity contribution < 1.29 is 17.9 Å². The van der Waals surface area contributed by atoms with E-state index < -0.39 is 10.0 Å². The molecule has 0 saturated carbocycles. The van der Waals surface area contributed by atoms with Crippen LogP contribution >= 0.6 is 39.1 Å². The maximum Gasteiger partial charge on any atom is 0.246 e. The van der Waals surface area contributed by atoms with Crippen LogP contribution in [-0.4, -0.2) is 62.9 Å². The number of morpholine rings is 1. The van der Waals surface area contributed by atoms with E-state index in [9.17, 15) is 13.2 Å². The van der Waals surface area contributed by atoms with Crippen LogP contribution in [0.15, 0.2) is 21.5 Å². The average Bonchev–Trinajstić information content (AvgIpc) is 2.61. The first-order valence-electron chi connectivity index (χ1n) is 8.32. The summed E-state index contributed by atoms with van der Waals surface area (Å²) in [5.41, 5.74) is 0. The van der Waals surface area contributed by atoms with Crippen LogP contribution in [0.3, 0.4) is 0 Å². The Morgan fingerprint density at radius 1 is 1.08 bits per heavy atom. The molecule has 2 aliphatic rings. The molecule has 0 aromatic heterocycles. The molecule has 2 fully saturated rings. The third-order valence-corrected chi connectivity index (χ3v) is 7.97. The van der Waals surface area contributed by atoms with E-state index in [1.54, 1.807) is 4.90 Å². The van der Waals surface area contributed by atoms with Gasteiger partial charge in [-0.1, -0.05) is 39.1 Å². The number of carbonyl (C=O) groups excluding carboxylic acids is 1. The van der Waals surface area contributed by atoms with Crippen LogP contribution in [-0.2, 0) is 19.6 Å². The van der Waals surface area contributed by atoms with E-state index in [0.717, 1.165) is 0 Å². The van der Waals surface area contributed by atoms with Crippen molar-refractivity contribution in [3.8, 4) is 0 Å². The summed E-state index contributed by atoms with van der Waals surface area (Å²) in [6.07, 6.45) is 0.975. The predicted molar refractivity (Wildman–Crippen MR) is 103 cm³/mol. The van der Waals surface area contributed by atoms with Gasteiger partial charge in [0.05, 0.1) is 23.3 Å². The number of sulfonamides is 1. The Morgan fingerprint density at radius 3 is 2.15 bits per heavy atom. The van der Waals surface area contributed by atoms with E-state index in [1.807, 2.05) is 0 Å². The molecule has 2 aliphatic heterocycles. The van der Waals surface area contributed by atoms with Gasteiger partial charge in [-0.15, -0.1) is 0 Å². The fourth-order valence-electron chi connectivity index (χ4n) is 3.29. The normalized spacial score (nSPS) is 20.3. The minimum absolute atomic E-state index is 0.0795. The molecule has 144 valence electrons. The molecule has 26 heavy (non-hydrogen) atoms. The first kappa shape index (κ1) is 20.4. The molecular formula is C16H19BrCl2N2O4S. The van der Waals surface area contributed by atoms with Crippen molar-refractivity contribution in [2.75, 3.05) is 39.4 Å². The van der Waals surface area contributed by atoms with Gasteiger partial charge in [-0.05, 0) is 25.0 Å². The highest BCUT2D eigenvalue weighted by Crippen LogP contribution is 2.36. The largest absolute Gasteiger partial charge is 0.378 e. The van der Waals surface area contributed by atoms with Crippen molar-refractivity contribution in [1.82, 2.24) is 9.21 Å². The lowest BCUT2D eigenvalue weighted by atomic mass is 9.96. The van der Waals surface area contributed by atoms with E-state index in [-0.39, 0.29) is 39.9 Å². The second-order valence-corrected chi connectivity index (χ2v) is 9.92. The molecule has 1 amide bonds. The van der Waals surface area contributed by atoms with Crippen LogP contribution in [0, 0.1) is 5.92 Å². The molecule has 3 rings (SSSR count). The van der Waals surface area contributed by atoms with Gasteiger partial charge in [0.15, 0.2) is 0 Å². The molecule has 2 saturated heterocycles. The van der Waals surface area contributed by atoms with E-state index in [2.05, 4.69) is 15.9 Å². The van der Waals surface area contributed by atoms with Crippen molar-refractivity contribution in [3.63, 3.8) is 0 Å². The molecule has 0 atom stereocenters. The second-order valence-electron chi connectivity index (χ2n) is 6.31. The molecule has 6 nitrogen and oxygen atoms in total. The summed E-state index contributed by atoms with van der Waals surface area (Å²) in [4.78, 5) is 14.3. The van der Waals surface area contributed by atoms with Crippen LogP contribution in [0.2, 0.25) is 10.0 Å². The number of carbonyl (C=O) groups is 1. The standard InChI is InChI=1S/C16H19BrCl2N2O4S/c17-12-9-13(18)15(14(19)10-12)26(23,24)21-3-1-11(2-4-21)16(22)20-5-7-25-8-6-20/h9-11H,1-8H2. The zero-order chi connectivity index (χ0) is 18.9. The lowest BCUT2D eigenvalue weighted by Crippen LogP contribution is -2.47. The summed E-state index contributed by atoms with van der Waals surface area (Å²) in [6, 6.07) is 3.02. The summed E-state index contributed by atoms with van der Waals surface area (Å²) < 4.78 is 33.1. The van der Waals surface area contributed by atoms with Crippen LogP contribution in [0.1, 0.15) is 12.8 Å². The Balaban J connectivity index is 1.70. The molecule has 0 N–H and O–H groups in total. The van der Waals surface area contributed by atoms with Crippen LogP contribution < -0.4 is 0 Å². The molecule has 1 aromatic rings. The monoisotopic (exact) mass is 484 g/mol. The van der Waals surface area contributed by atoms with Crippen molar-refractivity contribution in [1.29, 1.82) is 0 Å². The van der Waals surface area contributed by atoms with Gasteiger partial charge in [0.25, 0.3) is 0 Å². The van der Waals surface area contributed by atoms with Crippen LogP contribution in [0.5, 0.6) is 0 Å². The van der Waals surface area contributed by atoms with Gasteiger partial charge >= 0.3 is 0 Å². The number of hydrogen-bond donors (Lipinski definition) is 0. The molecule has 1 aromatic carbocycles. The van der Waals surface area contributed by atoms with Gasteiger partial charge in [-0.25, -0.2) is 8.42 Å². The first-order chi connectivity index (χ1) is 12.3. The highest BCUT2D eigenvalue weighted by molar-refractivity contribution is 9.10. The van der Waals surface area contributed by atoms with E-state index in [4.69, 9.17) is 27.9 Å². The Morgan fingerprint density at radius 2 is 1.62 bits per heavy atom. The molecule has 10 heteroatoms. The molecular weight excluding hydrogens is 467 g/mol. The zero-order valence-corrected chi connectivity index (χ0v) is 17.9. The van der Waals surface area contributed by atoms with Crippen molar-refractivity contribution in [2.24, 2.45) is 5.92 Å². The summed E-state index contributed by atoms with van der Waals surface area (Å²) in [7, 11) is -3.81. The fraction of sp³-hybridized carbons (Fsp3) is 0.562. The fourth-order valence-corrected chi connectivity index (χ4v) is 6.64. The Labute approximate surface area is 171 Å². The Bertz CT molecular complexity index is 768. The number of nitrogens with zero attached hydrogens (tertiary/aromatic N) is 2. The molecule has 0 unspecified atom stereocenters. The summed E-state index contributed by atoms with van der Waals surface area (Å²) >= 11 is 15.5. The second kappa shape index (κ2) is 8.32. The predicted octanol–water partition coefficient (Wildman–Crippen LogP) is 3.02. The Hall–Kier alpha value is -0.380. The van der Waals surface area contributed by atoms with Crippen molar-refractivity contribution in [2.45, 2.75) is 17.7 Å². The van der Waals surface area contributed by atoms with E-state index >= 15 is 0 Å². The lowest BCUT2D eigenvalue weighted by molar-refractivity contribution is -0.140. The van der Waals surface area contributed by atoms with Gasteiger partial charge in [-0.3, -0.25) is 4.79 Å².